The molecule has 50 heavy (non-hydrogen) atoms. The predicted molar refractivity (Wildman–Crippen MR) is 193 cm³/mol. The van der Waals surface area contributed by atoms with Gasteiger partial charge in [-0.2, -0.15) is 0 Å². The molecule has 2 aliphatic carbocycles. The topological polar surface area (TPSA) is 123 Å². The molecule has 0 heterocycles. The second-order valence-corrected chi connectivity index (χ2v) is 15.3. The fourth-order valence-corrected chi connectivity index (χ4v) is 7.51. The molecule has 1 saturated carbocycles. The maximum atomic E-state index is 14.2. The van der Waals surface area contributed by atoms with Crippen molar-refractivity contribution in [3.8, 4) is 11.1 Å². The molecule has 2 aromatic rings. The molecule has 2 aliphatic rings. The number of carbonyl (C=O) groups excluding carboxylic acids is 4. The van der Waals surface area contributed by atoms with Crippen LogP contribution in [0.3, 0.4) is 0 Å². The summed E-state index contributed by atoms with van der Waals surface area (Å²) in [5.41, 5.74) is 2.63. The van der Waals surface area contributed by atoms with Crippen molar-refractivity contribution < 1.29 is 33.4 Å². The Hall–Kier alpha value is -3.92. The average molecular weight is 692 g/mol. The highest BCUT2D eigenvalue weighted by Gasteiger charge is 2.46. The molecular formula is C40H57N3O7. The number of benzene rings is 2. The lowest BCUT2D eigenvalue weighted by molar-refractivity contribution is -0.161. The SMILES string of the molecule is CC[C@H](C)[C@@H]([C@@H](CC(=O)OC(C)(C)C)OC)N(C)C(=O)[C@@H](NC(=O)C1(NC(=O)OCC2c3ccccc3-c3ccccc32)CCCC1)C(C)C. The molecule has 10 nitrogen and oxygen atoms in total. The van der Waals surface area contributed by atoms with Crippen LogP contribution in [0.5, 0.6) is 0 Å². The smallest absolute Gasteiger partial charge is 0.408 e. The van der Waals surface area contributed by atoms with Crippen LogP contribution in [0.15, 0.2) is 48.5 Å². The van der Waals surface area contributed by atoms with Crippen LogP contribution in [0.2, 0.25) is 0 Å². The molecule has 0 spiro atoms. The summed E-state index contributed by atoms with van der Waals surface area (Å²) in [6.07, 6.45) is 1.84. The minimum absolute atomic E-state index is 0.0174. The van der Waals surface area contributed by atoms with Crippen LogP contribution < -0.4 is 10.6 Å². The maximum absolute atomic E-state index is 14.2. The minimum Gasteiger partial charge on any atom is -0.460 e. The number of methoxy groups -OCH3 is 1. The number of hydrogen-bond acceptors (Lipinski definition) is 7. The Morgan fingerprint density at radius 2 is 1.50 bits per heavy atom. The zero-order valence-corrected chi connectivity index (χ0v) is 31.3. The number of ether oxygens (including phenoxy) is 3. The zero-order valence-electron chi connectivity index (χ0n) is 31.3. The first kappa shape index (κ1) is 38.9. The molecular weight excluding hydrogens is 634 g/mol. The van der Waals surface area contributed by atoms with Gasteiger partial charge >= 0.3 is 12.1 Å². The molecule has 0 saturated heterocycles. The van der Waals surface area contributed by atoms with Crippen molar-refractivity contribution in [2.75, 3.05) is 20.8 Å². The molecule has 2 aromatic carbocycles. The van der Waals surface area contributed by atoms with Gasteiger partial charge in [-0.15, -0.1) is 0 Å². The van der Waals surface area contributed by atoms with E-state index in [4.69, 9.17) is 14.2 Å². The molecule has 3 amide bonds. The number of amides is 3. The average Bonchev–Trinajstić information content (AvgIpc) is 3.67. The van der Waals surface area contributed by atoms with E-state index in [2.05, 4.69) is 34.9 Å². The first-order chi connectivity index (χ1) is 23.6. The molecule has 0 radical (unpaired) electrons. The Balaban J connectivity index is 1.47. The molecule has 274 valence electrons. The van der Waals surface area contributed by atoms with Gasteiger partial charge in [0.25, 0.3) is 0 Å². The van der Waals surface area contributed by atoms with Gasteiger partial charge in [-0.3, -0.25) is 14.4 Å². The minimum atomic E-state index is -1.20. The molecule has 1 fully saturated rings. The van der Waals surface area contributed by atoms with Crippen LogP contribution in [-0.2, 0) is 28.6 Å². The molecule has 0 unspecified atom stereocenters. The number of nitrogens with zero attached hydrogens (tertiary/aromatic N) is 1. The lowest BCUT2D eigenvalue weighted by Gasteiger charge is -2.40. The largest absolute Gasteiger partial charge is 0.460 e. The number of alkyl carbamates (subject to hydrolysis) is 1. The van der Waals surface area contributed by atoms with Gasteiger partial charge in [0.2, 0.25) is 11.8 Å². The number of hydrogen-bond donors (Lipinski definition) is 2. The van der Waals surface area contributed by atoms with Crippen molar-refractivity contribution in [2.45, 2.75) is 122 Å². The summed E-state index contributed by atoms with van der Waals surface area (Å²) in [7, 11) is 3.23. The lowest BCUT2D eigenvalue weighted by Crippen LogP contribution is -2.63. The molecule has 10 heteroatoms. The van der Waals surface area contributed by atoms with E-state index in [0.29, 0.717) is 12.8 Å². The third-order valence-corrected chi connectivity index (χ3v) is 10.3. The Kier molecular flexibility index (Phi) is 12.8. The zero-order chi connectivity index (χ0) is 36.8. The van der Waals surface area contributed by atoms with E-state index in [9.17, 15) is 19.2 Å². The Morgan fingerprint density at radius 1 is 0.940 bits per heavy atom. The van der Waals surface area contributed by atoms with Gasteiger partial charge in [-0.05, 0) is 67.7 Å². The molecule has 2 N–H and O–H groups in total. The van der Waals surface area contributed by atoms with Gasteiger partial charge in [-0.25, -0.2) is 4.79 Å². The van der Waals surface area contributed by atoms with E-state index >= 15 is 0 Å². The second-order valence-electron chi connectivity index (χ2n) is 15.3. The van der Waals surface area contributed by atoms with E-state index in [1.807, 2.05) is 72.7 Å². The van der Waals surface area contributed by atoms with Crippen LogP contribution in [-0.4, -0.2) is 78.9 Å². The van der Waals surface area contributed by atoms with Gasteiger partial charge in [-0.1, -0.05) is 95.5 Å². The van der Waals surface area contributed by atoms with E-state index < -0.39 is 47.3 Å². The summed E-state index contributed by atoms with van der Waals surface area (Å²) in [6, 6.07) is 14.9. The third-order valence-electron chi connectivity index (χ3n) is 10.3. The quantitative estimate of drug-likeness (QED) is 0.214. The van der Waals surface area contributed by atoms with E-state index in [-0.39, 0.29) is 36.7 Å². The number of fused-ring (bicyclic) bond motifs is 3. The lowest BCUT2D eigenvalue weighted by atomic mass is 9.89. The number of rotatable bonds is 14. The maximum Gasteiger partial charge on any atom is 0.408 e. The third kappa shape index (κ3) is 8.86. The standard InChI is InChI=1S/C40H57N3O7/c1-10-26(4)35(32(48-9)23-33(44)50-39(5,6)7)43(8)36(45)34(25(2)3)41-37(46)40(21-15-16-22-40)42-38(47)49-24-31-29-19-13-11-17-27(29)28-18-12-14-20-30(28)31/h11-14,17-20,25-26,31-32,34-35H,10,15-16,21-24H2,1-9H3,(H,41,46)(H,42,47)/t26-,32+,34-,35-/m0/s1. The summed E-state index contributed by atoms with van der Waals surface area (Å²) in [4.78, 5) is 56.2. The summed E-state index contributed by atoms with van der Waals surface area (Å²) in [5.74, 6) is -1.48. The highest BCUT2D eigenvalue weighted by atomic mass is 16.6. The first-order valence-electron chi connectivity index (χ1n) is 18.1. The van der Waals surface area contributed by atoms with Crippen molar-refractivity contribution in [2.24, 2.45) is 11.8 Å². The summed E-state index contributed by atoms with van der Waals surface area (Å²) >= 11 is 0. The fourth-order valence-electron chi connectivity index (χ4n) is 7.51. The monoisotopic (exact) mass is 691 g/mol. The molecule has 0 aliphatic heterocycles. The molecule has 0 bridgehead atoms. The fraction of sp³-hybridized carbons (Fsp3) is 0.600. The normalized spacial score (nSPS) is 17.6. The van der Waals surface area contributed by atoms with Gasteiger partial charge < -0.3 is 29.7 Å². The first-order valence-corrected chi connectivity index (χ1v) is 18.1. The number of carbonyl (C=O) groups is 4. The van der Waals surface area contributed by atoms with Crippen LogP contribution in [0, 0.1) is 11.8 Å². The van der Waals surface area contributed by atoms with Crippen LogP contribution in [0.4, 0.5) is 4.79 Å². The van der Waals surface area contributed by atoms with Crippen LogP contribution in [0.1, 0.15) is 104 Å². The van der Waals surface area contributed by atoms with Crippen molar-refractivity contribution in [3.63, 3.8) is 0 Å². The van der Waals surface area contributed by atoms with Gasteiger partial charge in [0, 0.05) is 20.1 Å². The number of esters is 1. The molecule has 4 atom stereocenters. The summed E-state index contributed by atoms with van der Waals surface area (Å²) < 4.78 is 17.2. The molecule has 4 rings (SSSR count). The van der Waals surface area contributed by atoms with Gasteiger partial charge in [0.1, 0.15) is 23.8 Å². The van der Waals surface area contributed by atoms with Crippen LogP contribution in [0.25, 0.3) is 11.1 Å². The van der Waals surface area contributed by atoms with Gasteiger partial charge in [0.05, 0.1) is 18.6 Å². The molecule has 0 aromatic heterocycles. The van der Waals surface area contributed by atoms with E-state index in [1.165, 1.54) is 7.11 Å². The Labute approximate surface area is 298 Å². The van der Waals surface area contributed by atoms with Crippen LogP contribution >= 0.6 is 0 Å². The highest BCUT2D eigenvalue weighted by Crippen LogP contribution is 2.44. The number of nitrogens with one attached hydrogen (secondary N) is 2. The Bertz CT molecular complexity index is 1460. The van der Waals surface area contributed by atoms with Crippen molar-refractivity contribution in [3.05, 3.63) is 59.7 Å². The van der Waals surface area contributed by atoms with Crippen molar-refractivity contribution in [1.82, 2.24) is 15.5 Å². The van der Waals surface area contributed by atoms with E-state index in [0.717, 1.165) is 41.5 Å². The van der Waals surface area contributed by atoms with Crippen molar-refractivity contribution >= 4 is 23.9 Å². The van der Waals surface area contributed by atoms with E-state index in [1.54, 1.807) is 11.9 Å². The summed E-state index contributed by atoms with van der Waals surface area (Å²) in [6.45, 7) is 13.4. The Morgan fingerprint density at radius 3 is 2.00 bits per heavy atom. The predicted octanol–water partition coefficient (Wildman–Crippen LogP) is 6.60. The highest BCUT2D eigenvalue weighted by molar-refractivity contribution is 5.94. The van der Waals surface area contributed by atoms with Crippen molar-refractivity contribution in [1.29, 1.82) is 0 Å². The van der Waals surface area contributed by atoms with Gasteiger partial charge in [0.15, 0.2) is 0 Å². The number of likely N-dealkylation sites (N-methyl/N-ethyl adjacent to an activating group) is 1. The summed E-state index contributed by atoms with van der Waals surface area (Å²) in [5, 5.41) is 5.94. The second kappa shape index (κ2) is 16.4.